The molecule has 4 heteroatoms. The van der Waals surface area contributed by atoms with Crippen LogP contribution in [-0.2, 0) is 19.2 Å². The fourth-order valence-corrected chi connectivity index (χ4v) is 5.92. The van der Waals surface area contributed by atoms with Crippen LogP contribution in [0.4, 0.5) is 0 Å². The van der Waals surface area contributed by atoms with Crippen LogP contribution in [0, 0.1) is 23.7 Å². The molecule has 0 N–H and O–H groups in total. The van der Waals surface area contributed by atoms with Crippen LogP contribution in [0.1, 0.15) is 90.9 Å². The van der Waals surface area contributed by atoms with Gasteiger partial charge in [-0.1, -0.05) is 68.9 Å². The van der Waals surface area contributed by atoms with Crippen LogP contribution in [0.5, 0.6) is 0 Å². The topological polar surface area (TPSA) is 68.3 Å². The van der Waals surface area contributed by atoms with E-state index in [9.17, 15) is 19.2 Å². The van der Waals surface area contributed by atoms with Gasteiger partial charge in [-0.3, -0.25) is 19.2 Å². The molecule has 36 heavy (non-hydrogen) atoms. The lowest BCUT2D eigenvalue weighted by Gasteiger charge is -2.34. The summed E-state index contributed by atoms with van der Waals surface area (Å²) in [5, 5.41) is 0. The third-order valence-electron chi connectivity index (χ3n) is 8.03. The van der Waals surface area contributed by atoms with Crippen molar-refractivity contribution < 1.29 is 19.2 Å². The number of hydrogen-bond donors (Lipinski definition) is 0. The first kappa shape index (κ1) is 28.0. The summed E-state index contributed by atoms with van der Waals surface area (Å²) in [6.07, 6.45) is 19.1. The Hall–Kier alpha value is -2.62. The number of allylic oxidation sites excluding steroid dienone is 9. The zero-order chi connectivity index (χ0) is 26.1. The van der Waals surface area contributed by atoms with Gasteiger partial charge in [-0.05, 0) is 56.1 Å². The van der Waals surface area contributed by atoms with E-state index >= 15 is 0 Å². The highest BCUT2D eigenvalue weighted by molar-refractivity contribution is 6.00. The zero-order valence-corrected chi connectivity index (χ0v) is 22.1. The minimum atomic E-state index is -0.571. The Morgan fingerprint density at radius 2 is 1.83 bits per heavy atom. The number of carbonyl (C=O) groups excluding carboxylic acids is 4. The van der Waals surface area contributed by atoms with Gasteiger partial charge in [0.05, 0.1) is 0 Å². The van der Waals surface area contributed by atoms with Gasteiger partial charge < -0.3 is 0 Å². The van der Waals surface area contributed by atoms with E-state index in [1.165, 1.54) is 5.57 Å². The van der Waals surface area contributed by atoms with Gasteiger partial charge in [0.2, 0.25) is 0 Å². The lowest BCUT2D eigenvalue weighted by Crippen LogP contribution is -2.43. The van der Waals surface area contributed by atoms with E-state index in [4.69, 9.17) is 0 Å². The number of Topliss-reactive ketones (excluding diaryl/α,β-unsaturated/α-hetero) is 4. The van der Waals surface area contributed by atoms with Crippen LogP contribution in [0.3, 0.4) is 0 Å². The molecular weight excluding hydrogens is 448 g/mol. The predicted molar refractivity (Wildman–Crippen MR) is 144 cm³/mol. The molecule has 0 radical (unpaired) electrons. The monoisotopic (exact) mass is 490 g/mol. The van der Waals surface area contributed by atoms with Gasteiger partial charge in [0.15, 0.2) is 0 Å². The molecule has 0 saturated heterocycles. The molecule has 0 amide bonds. The number of rotatable bonds is 15. The molecule has 0 aliphatic heterocycles. The lowest BCUT2D eigenvalue weighted by molar-refractivity contribution is -0.145. The fourth-order valence-electron chi connectivity index (χ4n) is 5.92. The third-order valence-corrected chi connectivity index (χ3v) is 8.03. The van der Waals surface area contributed by atoms with Gasteiger partial charge in [-0.2, -0.15) is 0 Å². The average Bonchev–Trinajstić information content (AvgIpc) is 3.51. The number of hydrogen-bond acceptors (Lipinski definition) is 4. The van der Waals surface area contributed by atoms with Crippen LogP contribution in [0.25, 0.3) is 0 Å². The minimum absolute atomic E-state index is 0.0177. The highest BCUT2D eigenvalue weighted by Gasteiger charge is 2.44. The highest BCUT2D eigenvalue weighted by atomic mass is 16.1. The molecule has 194 valence electrons. The van der Waals surface area contributed by atoms with Crippen molar-refractivity contribution in [2.24, 2.45) is 23.7 Å². The fraction of sp³-hybridized carbons (Fsp3) is 0.562. The van der Waals surface area contributed by atoms with Gasteiger partial charge in [0.1, 0.15) is 23.1 Å². The average molecular weight is 491 g/mol. The number of carbonyl (C=O) groups is 4. The summed E-state index contributed by atoms with van der Waals surface area (Å²) < 4.78 is 0. The third kappa shape index (κ3) is 7.44. The summed E-state index contributed by atoms with van der Waals surface area (Å²) in [7, 11) is 0. The van der Waals surface area contributed by atoms with Crippen molar-refractivity contribution >= 4 is 23.1 Å². The molecule has 4 nitrogen and oxygen atoms in total. The molecule has 0 aromatic heterocycles. The Morgan fingerprint density at radius 1 is 1.03 bits per heavy atom. The summed E-state index contributed by atoms with van der Waals surface area (Å²) >= 11 is 0. The first-order valence-corrected chi connectivity index (χ1v) is 13.9. The standard InChI is InChI=1S/C32H42O4/c1-4-9-25(19-27(33)10-5-2)30(34)21-29-28(18-15-23-12-6-7-13-23)31(35)20-26(32(29)36)17-16-24-14-8-11-22(24)3/h6-8,11-12,14,25-26,28-29H,3-5,9-10,13,15-21H2,1-2H3. The van der Waals surface area contributed by atoms with Crippen molar-refractivity contribution in [3.63, 3.8) is 0 Å². The van der Waals surface area contributed by atoms with Gasteiger partial charge in [0, 0.05) is 49.4 Å². The normalized spacial score (nSPS) is 24.3. The van der Waals surface area contributed by atoms with Crippen molar-refractivity contribution in [3.8, 4) is 0 Å². The molecule has 3 aliphatic rings. The van der Waals surface area contributed by atoms with E-state index in [0.717, 1.165) is 36.8 Å². The predicted octanol–water partition coefficient (Wildman–Crippen LogP) is 7.01. The maximum absolute atomic E-state index is 13.7. The second-order valence-corrected chi connectivity index (χ2v) is 10.7. The molecule has 0 heterocycles. The smallest absolute Gasteiger partial charge is 0.140 e. The zero-order valence-electron chi connectivity index (χ0n) is 22.1. The van der Waals surface area contributed by atoms with Crippen molar-refractivity contribution in [1.29, 1.82) is 0 Å². The molecule has 0 spiro atoms. The Morgan fingerprint density at radius 3 is 2.47 bits per heavy atom. The second kappa shape index (κ2) is 13.6. The summed E-state index contributed by atoms with van der Waals surface area (Å²) in [5.74, 6) is -1.39. The van der Waals surface area contributed by atoms with E-state index in [1.807, 2.05) is 38.2 Å². The second-order valence-electron chi connectivity index (χ2n) is 10.7. The van der Waals surface area contributed by atoms with E-state index in [-0.39, 0.29) is 54.2 Å². The Bertz CT molecular complexity index is 990. The van der Waals surface area contributed by atoms with E-state index < -0.39 is 11.8 Å². The lowest BCUT2D eigenvalue weighted by atomic mass is 9.66. The van der Waals surface area contributed by atoms with Gasteiger partial charge in [0.25, 0.3) is 0 Å². The van der Waals surface area contributed by atoms with Crippen LogP contribution in [0.2, 0.25) is 0 Å². The minimum Gasteiger partial charge on any atom is -0.300 e. The van der Waals surface area contributed by atoms with Gasteiger partial charge >= 0.3 is 0 Å². The van der Waals surface area contributed by atoms with Crippen LogP contribution in [-0.4, -0.2) is 23.1 Å². The summed E-state index contributed by atoms with van der Waals surface area (Å²) in [5.41, 5.74) is 3.35. The van der Waals surface area contributed by atoms with E-state index in [0.29, 0.717) is 32.1 Å². The number of ketones is 4. The van der Waals surface area contributed by atoms with Crippen LogP contribution in [0.15, 0.2) is 59.8 Å². The molecule has 1 fully saturated rings. The summed E-state index contributed by atoms with van der Waals surface area (Å²) in [4.78, 5) is 52.9. The quantitative estimate of drug-likeness (QED) is 0.248. The maximum atomic E-state index is 13.7. The highest BCUT2D eigenvalue weighted by Crippen LogP contribution is 2.39. The Kier molecular flexibility index (Phi) is 10.6. The molecule has 3 aliphatic carbocycles. The summed E-state index contributed by atoms with van der Waals surface area (Å²) in [6, 6.07) is 0. The molecule has 0 aromatic rings. The van der Waals surface area contributed by atoms with Crippen LogP contribution < -0.4 is 0 Å². The Balaban J connectivity index is 1.74. The SMILES string of the molecule is C=C1C=CC=C1CCC1CC(=O)C(CCC2=CC=CC2)C(CC(=O)C(CCC)CC(=O)CCC)C1=O. The van der Waals surface area contributed by atoms with Gasteiger partial charge in [-0.25, -0.2) is 0 Å². The Labute approximate surface area is 216 Å². The molecule has 0 aromatic carbocycles. The molecule has 3 rings (SSSR count). The van der Waals surface area contributed by atoms with E-state index in [1.54, 1.807) is 0 Å². The molecule has 4 unspecified atom stereocenters. The maximum Gasteiger partial charge on any atom is 0.140 e. The van der Waals surface area contributed by atoms with Crippen molar-refractivity contribution in [3.05, 3.63) is 59.8 Å². The van der Waals surface area contributed by atoms with E-state index in [2.05, 4.69) is 18.7 Å². The molecule has 0 bridgehead atoms. The van der Waals surface area contributed by atoms with Gasteiger partial charge in [-0.15, -0.1) is 0 Å². The first-order valence-electron chi connectivity index (χ1n) is 13.9. The van der Waals surface area contributed by atoms with Crippen LogP contribution >= 0.6 is 0 Å². The molecule has 1 saturated carbocycles. The largest absolute Gasteiger partial charge is 0.300 e. The molecular formula is C32H42O4. The van der Waals surface area contributed by atoms with Crippen molar-refractivity contribution in [2.75, 3.05) is 0 Å². The van der Waals surface area contributed by atoms with Crippen molar-refractivity contribution in [2.45, 2.75) is 90.9 Å². The summed E-state index contributed by atoms with van der Waals surface area (Å²) in [6.45, 7) is 8.03. The first-order chi connectivity index (χ1) is 17.3. The molecule has 4 atom stereocenters. The van der Waals surface area contributed by atoms with Crippen molar-refractivity contribution in [1.82, 2.24) is 0 Å².